The van der Waals surface area contributed by atoms with Gasteiger partial charge in [0.2, 0.25) is 0 Å². The number of hydrogen-bond acceptors (Lipinski definition) is 5. The van der Waals surface area contributed by atoms with E-state index in [0.29, 0.717) is 5.92 Å². The molecular weight excluding hydrogens is 240 g/mol. The summed E-state index contributed by atoms with van der Waals surface area (Å²) < 4.78 is 0. The molecule has 1 aromatic heterocycles. The molecule has 3 N–H and O–H groups in total. The van der Waals surface area contributed by atoms with Crippen LogP contribution in [0.3, 0.4) is 0 Å². The first-order valence-electron chi connectivity index (χ1n) is 6.64. The summed E-state index contributed by atoms with van der Waals surface area (Å²) >= 11 is 0. The molecule has 1 aliphatic rings. The number of nitrogens with two attached hydrogens (primary N) is 1. The fraction of sp³-hybridized carbons (Fsp3) is 0.429. The molecule has 0 bridgehead atoms. The lowest BCUT2D eigenvalue weighted by molar-refractivity contribution is 0.263. The molecule has 100 valence electrons. The predicted molar refractivity (Wildman–Crippen MR) is 76.0 cm³/mol. The van der Waals surface area contributed by atoms with Gasteiger partial charge in [-0.3, -0.25) is 0 Å². The van der Waals surface area contributed by atoms with E-state index in [1.54, 1.807) is 6.33 Å². The van der Waals surface area contributed by atoms with Crippen molar-refractivity contribution in [3.63, 3.8) is 0 Å². The third-order valence-electron chi connectivity index (χ3n) is 3.76. The molecule has 19 heavy (non-hydrogen) atoms. The topological polar surface area (TPSA) is 75.3 Å². The van der Waals surface area contributed by atoms with E-state index in [9.17, 15) is 0 Å². The normalized spacial score (nSPS) is 19.2. The van der Waals surface area contributed by atoms with Gasteiger partial charge in [-0.2, -0.15) is 0 Å². The standard InChI is InChI=1S/C14H18N4O/c15-11-1-2-12-13(7-11)16-9-17-14(12)18-5-3-10(8-18)4-6-19/h1-2,7,9-10,19H,3-6,8,15H2. The zero-order chi connectivity index (χ0) is 13.2. The van der Waals surface area contributed by atoms with E-state index in [4.69, 9.17) is 10.8 Å². The summed E-state index contributed by atoms with van der Waals surface area (Å²) in [5.41, 5.74) is 7.39. The molecule has 0 saturated carbocycles. The third-order valence-corrected chi connectivity index (χ3v) is 3.76. The van der Waals surface area contributed by atoms with Crippen molar-refractivity contribution in [1.82, 2.24) is 9.97 Å². The molecule has 0 aliphatic carbocycles. The summed E-state index contributed by atoms with van der Waals surface area (Å²) in [6.45, 7) is 2.21. The number of fused-ring (bicyclic) bond motifs is 1. The molecule has 1 aliphatic heterocycles. The van der Waals surface area contributed by atoms with Gasteiger partial charge in [0.05, 0.1) is 5.52 Å². The number of aliphatic hydroxyl groups is 1. The number of hydrogen-bond donors (Lipinski definition) is 2. The molecule has 2 aromatic rings. The van der Waals surface area contributed by atoms with Crippen LogP contribution in [-0.2, 0) is 0 Å². The largest absolute Gasteiger partial charge is 0.399 e. The average Bonchev–Trinajstić information content (AvgIpc) is 2.86. The Morgan fingerprint density at radius 1 is 1.37 bits per heavy atom. The quantitative estimate of drug-likeness (QED) is 0.814. The first-order chi connectivity index (χ1) is 9.28. The molecule has 5 heteroatoms. The maximum atomic E-state index is 9.03. The van der Waals surface area contributed by atoms with Gasteiger partial charge in [0.15, 0.2) is 0 Å². The SMILES string of the molecule is Nc1ccc2c(N3CCC(CCO)C3)ncnc2c1. The third kappa shape index (κ3) is 2.33. The Kier molecular flexibility index (Phi) is 3.21. The molecular formula is C14H18N4O. The van der Waals surface area contributed by atoms with E-state index in [1.165, 1.54) is 0 Å². The maximum Gasteiger partial charge on any atom is 0.139 e. The highest BCUT2D eigenvalue weighted by Gasteiger charge is 2.24. The van der Waals surface area contributed by atoms with Crippen LogP contribution in [0.2, 0.25) is 0 Å². The van der Waals surface area contributed by atoms with Gasteiger partial charge in [-0.1, -0.05) is 0 Å². The van der Waals surface area contributed by atoms with E-state index >= 15 is 0 Å². The fourth-order valence-electron chi connectivity index (χ4n) is 2.76. The zero-order valence-corrected chi connectivity index (χ0v) is 10.8. The van der Waals surface area contributed by atoms with E-state index in [0.717, 1.165) is 48.3 Å². The Balaban J connectivity index is 1.93. The van der Waals surface area contributed by atoms with Crippen molar-refractivity contribution >= 4 is 22.4 Å². The number of nitrogen functional groups attached to an aromatic ring is 1. The summed E-state index contributed by atoms with van der Waals surface area (Å²) in [4.78, 5) is 11.0. The minimum absolute atomic E-state index is 0.263. The van der Waals surface area contributed by atoms with Crippen LogP contribution in [0.1, 0.15) is 12.8 Å². The second-order valence-electron chi connectivity index (χ2n) is 5.09. The first-order valence-corrected chi connectivity index (χ1v) is 6.64. The van der Waals surface area contributed by atoms with Gasteiger partial charge < -0.3 is 15.7 Å². The van der Waals surface area contributed by atoms with Crippen LogP contribution in [-0.4, -0.2) is 34.8 Å². The smallest absolute Gasteiger partial charge is 0.139 e. The molecule has 1 fully saturated rings. The molecule has 2 heterocycles. The highest BCUT2D eigenvalue weighted by atomic mass is 16.3. The summed E-state index contributed by atoms with van der Waals surface area (Å²) in [6.07, 6.45) is 3.57. The van der Waals surface area contributed by atoms with Crippen molar-refractivity contribution in [2.24, 2.45) is 5.92 Å². The lowest BCUT2D eigenvalue weighted by Gasteiger charge is -2.19. The molecule has 1 unspecified atom stereocenters. The monoisotopic (exact) mass is 258 g/mol. The number of anilines is 2. The Morgan fingerprint density at radius 2 is 2.26 bits per heavy atom. The van der Waals surface area contributed by atoms with E-state index < -0.39 is 0 Å². The van der Waals surface area contributed by atoms with Gasteiger partial charge in [0, 0.05) is 30.8 Å². The maximum absolute atomic E-state index is 9.03. The number of benzene rings is 1. The molecule has 0 amide bonds. The minimum Gasteiger partial charge on any atom is -0.399 e. The van der Waals surface area contributed by atoms with Crippen LogP contribution in [0.5, 0.6) is 0 Å². The summed E-state index contributed by atoms with van der Waals surface area (Å²) in [7, 11) is 0. The van der Waals surface area contributed by atoms with Crippen LogP contribution >= 0.6 is 0 Å². The fourth-order valence-corrected chi connectivity index (χ4v) is 2.76. The first kappa shape index (κ1) is 12.2. The summed E-state index contributed by atoms with van der Waals surface area (Å²) in [6, 6.07) is 5.75. The minimum atomic E-state index is 0.263. The van der Waals surface area contributed by atoms with E-state index in [-0.39, 0.29) is 6.61 Å². The van der Waals surface area contributed by atoms with Crippen molar-refractivity contribution < 1.29 is 5.11 Å². The van der Waals surface area contributed by atoms with Crippen LogP contribution in [0.25, 0.3) is 10.9 Å². The lowest BCUT2D eigenvalue weighted by Crippen LogP contribution is -2.21. The Hall–Kier alpha value is -1.88. The van der Waals surface area contributed by atoms with Gasteiger partial charge in [-0.05, 0) is 37.0 Å². The molecule has 0 radical (unpaired) electrons. The summed E-state index contributed by atoms with van der Waals surface area (Å²) in [5, 5.41) is 10.1. The molecule has 1 atom stereocenters. The Bertz CT molecular complexity index is 587. The van der Waals surface area contributed by atoms with Crippen LogP contribution in [0.4, 0.5) is 11.5 Å². The molecule has 5 nitrogen and oxygen atoms in total. The Labute approximate surface area is 112 Å². The number of aromatic nitrogens is 2. The van der Waals surface area contributed by atoms with Crippen molar-refractivity contribution in [2.45, 2.75) is 12.8 Å². The summed E-state index contributed by atoms with van der Waals surface area (Å²) in [5.74, 6) is 1.54. The Morgan fingerprint density at radius 3 is 3.11 bits per heavy atom. The van der Waals surface area contributed by atoms with Crippen LogP contribution in [0.15, 0.2) is 24.5 Å². The second kappa shape index (κ2) is 5.01. The zero-order valence-electron chi connectivity index (χ0n) is 10.8. The van der Waals surface area contributed by atoms with Gasteiger partial charge in [-0.15, -0.1) is 0 Å². The van der Waals surface area contributed by atoms with Gasteiger partial charge >= 0.3 is 0 Å². The lowest BCUT2D eigenvalue weighted by atomic mass is 10.1. The van der Waals surface area contributed by atoms with E-state index in [2.05, 4.69) is 14.9 Å². The molecule has 3 rings (SSSR count). The van der Waals surface area contributed by atoms with Gasteiger partial charge in [0.25, 0.3) is 0 Å². The van der Waals surface area contributed by atoms with Crippen molar-refractivity contribution in [3.8, 4) is 0 Å². The highest BCUT2D eigenvalue weighted by Crippen LogP contribution is 2.29. The van der Waals surface area contributed by atoms with Gasteiger partial charge in [0.1, 0.15) is 12.1 Å². The van der Waals surface area contributed by atoms with Crippen LogP contribution < -0.4 is 10.6 Å². The molecule has 0 spiro atoms. The van der Waals surface area contributed by atoms with Crippen molar-refractivity contribution in [3.05, 3.63) is 24.5 Å². The number of nitrogens with zero attached hydrogens (tertiary/aromatic N) is 3. The second-order valence-corrected chi connectivity index (χ2v) is 5.09. The predicted octanol–water partition coefficient (Wildman–Crippen LogP) is 1.42. The van der Waals surface area contributed by atoms with Crippen molar-refractivity contribution in [2.75, 3.05) is 30.3 Å². The highest BCUT2D eigenvalue weighted by molar-refractivity contribution is 5.91. The molecule has 1 aromatic carbocycles. The van der Waals surface area contributed by atoms with Crippen LogP contribution in [0, 0.1) is 5.92 Å². The van der Waals surface area contributed by atoms with E-state index in [1.807, 2.05) is 18.2 Å². The van der Waals surface area contributed by atoms with Gasteiger partial charge in [-0.25, -0.2) is 9.97 Å². The number of aliphatic hydroxyl groups excluding tert-OH is 1. The number of rotatable bonds is 3. The van der Waals surface area contributed by atoms with Crippen molar-refractivity contribution in [1.29, 1.82) is 0 Å². The average molecular weight is 258 g/mol. The molecule has 1 saturated heterocycles.